The van der Waals surface area contributed by atoms with Gasteiger partial charge in [-0.2, -0.15) is 0 Å². The molecule has 1 aromatic rings. The number of carbonyl (C=O) groups excluding carboxylic acids is 2. The minimum absolute atomic E-state index is 0.350. The highest BCUT2D eigenvalue weighted by molar-refractivity contribution is 8.18. The second-order valence-corrected chi connectivity index (χ2v) is 7.49. The molecule has 0 saturated carbocycles. The molecule has 8 heteroatoms. The normalized spacial score (nSPS) is 21.7. The Balaban J connectivity index is 2.03. The smallest absolute Gasteiger partial charge is 0.290 e. The van der Waals surface area contributed by atoms with Gasteiger partial charge in [-0.25, -0.2) is 0 Å². The number of carbonyl (C=O) groups is 2. The van der Waals surface area contributed by atoms with Crippen LogP contribution in [0, 0.1) is 0 Å². The third-order valence-electron chi connectivity index (χ3n) is 4.70. The first-order valence-corrected chi connectivity index (χ1v) is 9.16. The molecule has 0 unspecified atom stereocenters. The fourth-order valence-electron chi connectivity index (χ4n) is 3.22. The summed E-state index contributed by atoms with van der Waals surface area (Å²) in [5, 5.41) is 1.94. The summed E-state index contributed by atoms with van der Waals surface area (Å²) in [4.78, 5) is 28.3. The van der Waals surface area contributed by atoms with Crippen molar-refractivity contribution in [2.45, 2.75) is 12.5 Å². The van der Waals surface area contributed by atoms with Crippen LogP contribution < -0.4 is 19.7 Å². The van der Waals surface area contributed by atoms with Crippen LogP contribution in [0.4, 0.5) is 10.5 Å². The van der Waals surface area contributed by atoms with Crippen molar-refractivity contribution in [1.29, 1.82) is 0 Å². The van der Waals surface area contributed by atoms with Crippen LogP contribution in [-0.2, 0) is 4.79 Å². The molecule has 0 spiro atoms. The van der Waals surface area contributed by atoms with Gasteiger partial charge in [0.15, 0.2) is 11.5 Å². The van der Waals surface area contributed by atoms with E-state index in [2.05, 4.69) is 29.2 Å². The van der Waals surface area contributed by atoms with Gasteiger partial charge in [0.1, 0.15) is 0 Å². The highest BCUT2D eigenvalue weighted by Crippen LogP contribution is 2.39. The van der Waals surface area contributed by atoms with Crippen LogP contribution in [0.25, 0.3) is 6.08 Å². The van der Waals surface area contributed by atoms with Crippen LogP contribution in [0.1, 0.15) is 12.0 Å². The number of amides is 2. The van der Waals surface area contributed by atoms with Crippen molar-refractivity contribution in [3.05, 3.63) is 22.6 Å². The van der Waals surface area contributed by atoms with Gasteiger partial charge in [-0.15, -0.1) is 0 Å². The predicted molar refractivity (Wildman–Crippen MR) is 103 cm³/mol. The monoisotopic (exact) mass is 377 g/mol. The number of nitrogens with zero attached hydrogens (tertiary/aromatic N) is 2. The number of imide groups is 1. The molecule has 2 aliphatic heterocycles. The van der Waals surface area contributed by atoms with Crippen molar-refractivity contribution in [1.82, 2.24) is 10.2 Å². The molecule has 2 amide bonds. The molecule has 2 fully saturated rings. The Kier molecular flexibility index (Phi) is 5.43. The number of ether oxygens (including phenoxy) is 2. The lowest BCUT2D eigenvalue weighted by molar-refractivity contribution is -0.115. The Bertz CT molecular complexity index is 763. The highest BCUT2D eigenvalue weighted by Gasteiger charge is 2.29. The molecular weight excluding hydrogens is 354 g/mol. The number of hydrogen-bond donors (Lipinski definition) is 1. The second kappa shape index (κ2) is 7.59. The summed E-state index contributed by atoms with van der Waals surface area (Å²) in [6.45, 7) is 1.80. The SMILES string of the molecule is COc1cc(/C=C2\SC(=O)NC2=O)c(N2CC[C@H](N(C)C)C2)cc1OC. The average Bonchev–Trinajstić information content (AvgIpc) is 3.21. The van der Waals surface area contributed by atoms with E-state index in [4.69, 9.17) is 9.47 Å². The first kappa shape index (κ1) is 18.6. The van der Waals surface area contributed by atoms with Crippen LogP contribution in [0.3, 0.4) is 0 Å². The minimum atomic E-state index is -0.367. The van der Waals surface area contributed by atoms with Crippen LogP contribution in [0.2, 0.25) is 0 Å². The first-order chi connectivity index (χ1) is 12.4. The van der Waals surface area contributed by atoms with Gasteiger partial charge in [0, 0.05) is 36.4 Å². The summed E-state index contributed by atoms with van der Waals surface area (Å²) >= 11 is 0.911. The Morgan fingerprint density at radius 2 is 1.92 bits per heavy atom. The van der Waals surface area contributed by atoms with Crippen LogP contribution >= 0.6 is 11.8 Å². The number of methoxy groups -OCH3 is 2. The van der Waals surface area contributed by atoms with E-state index < -0.39 is 0 Å². The topological polar surface area (TPSA) is 71.1 Å². The van der Waals surface area contributed by atoms with Crippen molar-refractivity contribution in [3.8, 4) is 11.5 Å². The van der Waals surface area contributed by atoms with Crippen LogP contribution in [-0.4, -0.2) is 63.5 Å². The largest absolute Gasteiger partial charge is 0.493 e. The lowest BCUT2D eigenvalue weighted by Crippen LogP contribution is -2.31. The van der Waals surface area contributed by atoms with E-state index in [1.807, 2.05) is 12.1 Å². The molecule has 1 atom stereocenters. The second-order valence-electron chi connectivity index (χ2n) is 6.47. The van der Waals surface area contributed by atoms with Crippen molar-refractivity contribution in [2.75, 3.05) is 46.3 Å². The Hall–Kier alpha value is -2.19. The van der Waals surface area contributed by atoms with Gasteiger partial charge in [-0.1, -0.05) is 0 Å². The van der Waals surface area contributed by atoms with Crippen molar-refractivity contribution >= 4 is 34.7 Å². The summed E-state index contributed by atoms with van der Waals surface area (Å²) in [7, 11) is 7.34. The quantitative estimate of drug-likeness (QED) is 0.789. The van der Waals surface area contributed by atoms with Gasteiger partial charge >= 0.3 is 0 Å². The standard InChI is InChI=1S/C18H23N3O4S/c1-20(2)12-5-6-21(10-12)13-9-15(25-4)14(24-3)7-11(13)8-16-17(22)19-18(23)26-16/h7-9,12H,5-6,10H2,1-4H3,(H,19,22,23)/b16-8-/t12-/m0/s1. The van der Waals surface area contributed by atoms with E-state index in [1.165, 1.54) is 0 Å². The Morgan fingerprint density at radius 3 is 2.46 bits per heavy atom. The van der Waals surface area contributed by atoms with Crippen LogP contribution in [0.5, 0.6) is 11.5 Å². The molecule has 140 valence electrons. The van der Waals surface area contributed by atoms with E-state index in [-0.39, 0.29) is 11.1 Å². The fourth-order valence-corrected chi connectivity index (χ4v) is 3.89. The molecule has 3 rings (SSSR count). The molecule has 0 aromatic heterocycles. The van der Waals surface area contributed by atoms with Gasteiger partial charge < -0.3 is 19.3 Å². The average molecular weight is 377 g/mol. The van der Waals surface area contributed by atoms with Crippen molar-refractivity contribution in [2.24, 2.45) is 0 Å². The maximum Gasteiger partial charge on any atom is 0.290 e. The number of nitrogens with one attached hydrogen (secondary N) is 1. The predicted octanol–water partition coefficient (Wildman–Crippen LogP) is 2.17. The van der Waals surface area contributed by atoms with E-state index in [0.717, 1.165) is 42.5 Å². The molecule has 2 heterocycles. The Morgan fingerprint density at radius 1 is 1.23 bits per heavy atom. The molecule has 7 nitrogen and oxygen atoms in total. The van der Waals surface area contributed by atoms with Crippen LogP contribution in [0.15, 0.2) is 17.0 Å². The summed E-state index contributed by atoms with van der Waals surface area (Å²) in [6, 6.07) is 4.25. The number of hydrogen-bond acceptors (Lipinski definition) is 7. The van der Waals surface area contributed by atoms with Gasteiger partial charge in [0.25, 0.3) is 11.1 Å². The number of thioether (sulfide) groups is 1. The van der Waals surface area contributed by atoms with Crippen molar-refractivity contribution in [3.63, 3.8) is 0 Å². The van der Waals surface area contributed by atoms with Gasteiger partial charge in [-0.05, 0) is 44.4 Å². The van der Waals surface area contributed by atoms with Crippen molar-refractivity contribution < 1.29 is 19.1 Å². The van der Waals surface area contributed by atoms with Gasteiger partial charge in [0.2, 0.25) is 0 Å². The highest BCUT2D eigenvalue weighted by atomic mass is 32.2. The zero-order chi connectivity index (χ0) is 18.8. The third kappa shape index (κ3) is 3.66. The maximum absolute atomic E-state index is 11.9. The molecule has 2 aliphatic rings. The molecular formula is C18H23N3O4S. The van der Waals surface area contributed by atoms with E-state index in [9.17, 15) is 9.59 Å². The third-order valence-corrected chi connectivity index (χ3v) is 5.51. The fraction of sp³-hybridized carbons (Fsp3) is 0.444. The zero-order valence-corrected chi connectivity index (χ0v) is 16.2. The molecule has 0 bridgehead atoms. The lowest BCUT2D eigenvalue weighted by Gasteiger charge is -2.24. The minimum Gasteiger partial charge on any atom is -0.493 e. The summed E-state index contributed by atoms with van der Waals surface area (Å²) in [6.07, 6.45) is 2.80. The molecule has 0 radical (unpaired) electrons. The zero-order valence-electron chi connectivity index (χ0n) is 15.4. The molecule has 0 aliphatic carbocycles. The summed E-state index contributed by atoms with van der Waals surface area (Å²) < 4.78 is 10.9. The number of likely N-dealkylation sites (N-methyl/N-ethyl adjacent to an activating group) is 1. The molecule has 2 saturated heterocycles. The summed E-state index contributed by atoms with van der Waals surface area (Å²) in [5.41, 5.74) is 1.79. The first-order valence-electron chi connectivity index (χ1n) is 8.35. The summed E-state index contributed by atoms with van der Waals surface area (Å²) in [5.74, 6) is 0.854. The molecule has 1 aromatic carbocycles. The number of benzene rings is 1. The van der Waals surface area contributed by atoms with E-state index in [0.29, 0.717) is 22.4 Å². The van der Waals surface area contributed by atoms with E-state index >= 15 is 0 Å². The van der Waals surface area contributed by atoms with Gasteiger partial charge in [0.05, 0.1) is 19.1 Å². The van der Waals surface area contributed by atoms with Gasteiger partial charge in [-0.3, -0.25) is 14.9 Å². The Labute approximate surface area is 157 Å². The molecule has 26 heavy (non-hydrogen) atoms. The maximum atomic E-state index is 11.9. The molecule has 1 N–H and O–H groups in total. The number of rotatable bonds is 5. The van der Waals surface area contributed by atoms with E-state index in [1.54, 1.807) is 20.3 Å². The number of anilines is 1. The lowest BCUT2D eigenvalue weighted by atomic mass is 10.1.